The molecule has 0 spiro atoms. The zero-order chi connectivity index (χ0) is 14.7. The summed E-state index contributed by atoms with van der Waals surface area (Å²) in [5.41, 5.74) is 3.34. The first kappa shape index (κ1) is 14.3. The molecule has 0 aliphatic carbocycles. The third-order valence-corrected chi connectivity index (χ3v) is 3.10. The van der Waals surface area contributed by atoms with Crippen molar-refractivity contribution in [3.8, 4) is 5.88 Å². The fraction of sp³-hybridized carbons (Fsp3) is 0.500. The number of hydrogen-bond acceptors (Lipinski definition) is 5. The standard InChI is InChI=1S/C14H21N5O/c1-9(2)20-14-13(15-6-7-16-14)17-8-12-10(3)18-19(5)11(12)4/h6-7,9H,8H2,1-5H3,(H,15,17). The van der Waals surface area contributed by atoms with Crippen LogP contribution in [0.4, 0.5) is 5.82 Å². The van der Waals surface area contributed by atoms with Crippen LogP contribution >= 0.6 is 0 Å². The summed E-state index contributed by atoms with van der Waals surface area (Å²) in [5.74, 6) is 1.19. The molecule has 0 aliphatic heterocycles. The Hall–Kier alpha value is -2.11. The first-order valence-corrected chi connectivity index (χ1v) is 6.69. The molecule has 1 N–H and O–H groups in total. The van der Waals surface area contributed by atoms with Crippen molar-refractivity contribution in [2.45, 2.75) is 40.3 Å². The van der Waals surface area contributed by atoms with Gasteiger partial charge in [0.15, 0.2) is 5.82 Å². The summed E-state index contributed by atoms with van der Waals surface area (Å²) in [6, 6.07) is 0. The second-order valence-electron chi connectivity index (χ2n) is 5.00. The molecule has 0 unspecified atom stereocenters. The lowest BCUT2D eigenvalue weighted by Gasteiger charge is -2.13. The fourth-order valence-corrected chi connectivity index (χ4v) is 2.00. The molecule has 0 atom stereocenters. The Bertz CT molecular complexity index is 591. The van der Waals surface area contributed by atoms with E-state index in [1.165, 1.54) is 5.56 Å². The lowest BCUT2D eigenvalue weighted by molar-refractivity contribution is 0.233. The first-order chi connectivity index (χ1) is 9.49. The molecule has 0 aliphatic rings. The van der Waals surface area contributed by atoms with Gasteiger partial charge in [-0.1, -0.05) is 0 Å². The molecule has 6 nitrogen and oxygen atoms in total. The van der Waals surface area contributed by atoms with Crippen LogP contribution in [0.15, 0.2) is 12.4 Å². The van der Waals surface area contributed by atoms with Gasteiger partial charge in [-0.2, -0.15) is 5.10 Å². The quantitative estimate of drug-likeness (QED) is 0.906. The summed E-state index contributed by atoms with van der Waals surface area (Å²) in [4.78, 5) is 8.50. The van der Waals surface area contributed by atoms with Crippen LogP contribution in [0, 0.1) is 13.8 Å². The molecular formula is C14H21N5O. The van der Waals surface area contributed by atoms with Gasteiger partial charge in [-0.05, 0) is 27.7 Å². The number of anilines is 1. The number of ether oxygens (including phenoxy) is 1. The Kier molecular flexibility index (Phi) is 4.22. The average molecular weight is 275 g/mol. The van der Waals surface area contributed by atoms with Crippen LogP contribution < -0.4 is 10.1 Å². The largest absolute Gasteiger partial charge is 0.472 e. The molecule has 108 valence electrons. The zero-order valence-electron chi connectivity index (χ0n) is 12.6. The van der Waals surface area contributed by atoms with E-state index < -0.39 is 0 Å². The van der Waals surface area contributed by atoms with Gasteiger partial charge in [0.25, 0.3) is 5.88 Å². The molecule has 2 aromatic rings. The molecule has 0 saturated carbocycles. The van der Waals surface area contributed by atoms with Crippen LogP contribution in [0.25, 0.3) is 0 Å². The van der Waals surface area contributed by atoms with E-state index in [4.69, 9.17) is 4.74 Å². The normalized spacial score (nSPS) is 10.9. The van der Waals surface area contributed by atoms with Gasteiger partial charge < -0.3 is 10.1 Å². The Morgan fingerprint density at radius 1 is 1.25 bits per heavy atom. The van der Waals surface area contributed by atoms with Crippen molar-refractivity contribution in [2.24, 2.45) is 7.05 Å². The summed E-state index contributed by atoms with van der Waals surface area (Å²) in [6.07, 6.45) is 3.34. The highest BCUT2D eigenvalue weighted by Gasteiger charge is 2.12. The summed E-state index contributed by atoms with van der Waals surface area (Å²) in [6.45, 7) is 8.64. The fourth-order valence-electron chi connectivity index (χ4n) is 2.00. The second kappa shape index (κ2) is 5.90. The van der Waals surface area contributed by atoms with Gasteiger partial charge in [0.2, 0.25) is 0 Å². The lowest BCUT2D eigenvalue weighted by atomic mass is 10.2. The molecule has 0 radical (unpaired) electrons. The number of rotatable bonds is 5. The van der Waals surface area contributed by atoms with Crippen LogP contribution in [0.2, 0.25) is 0 Å². The zero-order valence-corrected chi connectivity index (χ0v) is 12.6. The summed E-state index contributed by atoms with van der Waals surface area (Å²) < 4.78 is 7.53. The molecule has 0 amide bonds. The predicted octanol–water partition coefficient (Wildman–Crippen LogP) is 2.23. The maximum absolute atomic E-state index is 5.64. The Morgan fingerprint density at radius 2 is 1.95 bits per heavy atom. The summed E-state index contributed by atoms with van der Waals surface area (Å²) in [7, 11) is 1.95. The molecule has 2 aromatic heterocycles. The van der Waals surface area contributed by atoms with Gasteiger partial charge in [-0.15, -0.1) is 0 Å². The van der Waals surface area contributed by atoms with Crippen molar-refractivity contribution in [3.63, 3.8) is 0 Å². The van der Waals surface area contributed by atoms with Crippen molar-refractivity contribution < 1.29 is 4.74 Å². The number of aromatic nitrogens is 4. The van der Waals surface area contributed by atoms with Gasteiger partial charge in [-0.25, -0.2) is 9.97 Å². The molecule has 0 bridgehead atoms. The number of nitrogens with zero attached hydrogens (tertiary/aromatic N) is 4. The first-order valence-electron chi connectivity index (χ1n) is 6.69. The molecule has 0 aromatic carbocycles. The van der Waals surface area contributed by atoms with Crippen molar-refractivity contribution in [1.29, 1.82) is 0 Å². The van der Waals surface area contributed by atoms with Crippen molar-refractivity contribution in [2.75, 3.05) is 5.32 Å². The third-order valence-electron chi connectivity index (χ3n) is 3.10. The Balaban J connectivity index is 2.15. The van der Waals surface area contributed by atoms with E-state index in [9.17, 15) is 0 Å². The minimum Gasteiger partial charge on any atom is -0.472 e. The number of aryl methyl sites for hydroxylation is 2. The topological polar surface area (TPSA) is 64.9 Å². The molecule has 0 saturated heterocycles. The predicted molar refractivity (Wildman–Crippen MR) is 77.8 cm³/mol. The lowest BCUT2D eigenvalue weighted by Crippen LogP contribution is -2.11. The van der Waals surface area contributed by atoms with Crippen molar-refractivity contribution in [1.82, 2.24) is 19.7 Å². The van der Waals surface area contributed by atoms with E-state index in [0.29, 0.717) is 18.2 Å². The van der Waals surface area contributed by atoms with Crippen LogP contribution in [0.1, 0.15) is 30.8 Å². The molecule has 6 heteroatoms. The smallest absolute Gasteiger partial charge is 0.257 e. The Morgan fingerprint density at radius 3 is 2.55 bits per heavy atom. The minimum absolute atomic E-state index is 0.0640. The van der Waals surface area contributed by atoms with E-state index in [1.54, 1.807) is 12.4 Å². The van der Waals surface area contributed by atoms with Gasteiger partial charge >= 0.3 is 0 Å². The van der Waals surface area contributed by atoms with Gasteiger partial charge in [-0.3, -0.25) is 4.68 Å². The van der Waals surface area contributed by atoms with E-state index in [1.807, 2.05) is 32.5 Å². The molecule has 0 fully saturated rings. The number of nitrogens with one attached hydrogen (secondary N) is 1. The SMILES string of the molecule is Cc1nn(C)c(C)c1CNc1nccnc1OC(C)C. The van der Waals surface area contributed by atoms with Gasteiger partial charge in [0.1, 0.15) is 0 Å². The van der Waals surface area contributed by atoms with Crippen molar-refractivity contribution in [3.05, 3.63) is 29.3 Å². The molecule has 20 heavy (non-hydrogen) atoms. The highest BCUT2D eigenvalue weighted by Crippen LogP contribution is 2.21. The average Bonchev–Trinajstić information content (AvgIpc) is 2.62. The monoisotopic (exact) mass is 275 g/mol. The highest BCUT2D eigenvalue weighted by atomic mass is 16.5. The second-order valence-corrected chi connectivity index (χ2v) is 5.00. The van der Waals surface area contributed by atoms with Gasteiger partial charge in [0, 0.05) is 37.2 Å². The summed E-state index contributed by atoms with van der Waals surface area (Å²) in [5, 5.41) is 7.68. The summed E-state index contributed by atoms with van der Waals surface area (Å²) >= 11 is 0. The van der Waals surface area contributed by atoms with Gasteiger partial charge in [0.05, 0.1) is 11.8 Å². The maximum atomic E-state index is 5.64. The van der Waals surface area contributed by atoms with E-state index >= 15 is 0 Å². The molecule has 2 heterocycles. The Labute approximate surface area is 119 Å². The van der Waals surface area contributed by atoms with Crippen LogP contribution in [-0.2, 0) is 13.6 Å². The highest BCUT2D eigenvalue weighted by molar-refractivity contribution is 5.45. The van der Waals surface area contributed by atoms with Crippen molar-refractivity contribution >= 4 is 5.82 Å². The van der Waals surface area contributed by atoms with Crippen LogP contribution in [0.5, 0.6) is 5.88 Å². The minimum atomic E-state index is 0.0640. The van der Waals surface area contributed by atoms with Crippen LogP contribution in [-0.4, -0.2) is 25.9 Å². The third kappa shape index (κ3) is 3.07. The van der Waals surface area contributed by atoms with E-state index in [0.717, 1.165) is 11.4 Å². The van der Waals surface area contributed by atoms with Crippen LogP contribution in [0.3, 0.4) is 0 Å². The molecular weight excluding hydrogens is 254 g/mol. The maximum Gasteiger partial charge on any atom is 0.257 e. The number of hydrogen-bond donors (Lipinski definition) is 1. The molecule has 2 rings (SSSR count). The van der Waals surface area contributed by atoms with E-state index in [-0.39, 0.29) is 6.10 Å². The van der Waals surface area contributed by atoms with E-state index in [2.05, 4.69) is 27.3 Å².